The Hall–Kier alpha value is -2.88. The topological polar surface area (TPSA) is 80.2 Å². The van der Waals surface area contributed by atoms with E-state index in [-0.39, 0.29) is 25.5 Å². The summed E-state index contributed by atoms with van der Waals surface area (Å²) >= 11 is 19.9. The highest BCUT2D eigenvalue weighted by molar-refractivity contribution is 9.10. The molecule has 0 unspecified atom stereocenters. The zero-order valence-corrected chi connectivity index (χ0v) is 27.6. The number of carbonyl (C=O) groups is 1. The molecule has 0 saturated heterocycles. The Morgan fingerprint density at radius 3 is 2.37 bits per heavy atom. The molecule has 0 saturated carbocycles. The normalized spacial score (nSPS) is 17.7. The van der Waals surface area contributed by atoms with Gasteiger partial charge < -0.3 is 19.9 Å². The second-order valence-electron chi connectivity index (χ2n) is 10.00. The van der Waals surface area contributed by atoms with Crippen molar-refractivity contribution in [2.45, 2.75) is 31.0 Å². The Labute approximate surface area is 277 Å². The Kier molecular flexibility index (Phi) is 10.5. The van der Waals surface area contributed by atoms with Crippen molar-refractivity contribution in [3.63, 3.8) is 0 Å². The zero-order valence-electron chi connectivity index (χ0n) is 22.9. The smallest absolute Gasteiger partial charge is 0.252 e. The Morgan fingerprint density at radius 2 is 1.67 bits per heavy atom. The van der Waals surface area contributed by atoms with Gasteiger partial charge in [0.25, 0.3) is 5.91 Å². The van der Waals surface area contributed by atoms with E-state index in [4.69, 9.17) is 42.8 Å². The number of halogens is 4. The van der Waals surface area contributed by atoms with E-state index in [1.165, 1.54) is 0 Å². The summed E-state index contributed by atoms with van der Waals surface area (Å²) in [7, 11) is 0. The molecule has 0 radical (unpaired) electrons. The van der Waals surface area contributed by atoms with Crippen molar-refractivity contribution in [2.24, 2.45) is 4.99 Å². The fraction of sp³-hybridized carbons (Fsp3) is 0.212. The largest absolute Gasteiger partial charge is 0.494 e. The second kappa shape index (κ2) is 14.3. The van der Waals surface area contributed by atoms with Crippen LogP contribution in [0.1, 0.15) is 34.8 Å². The summed E-state index contributed by atoms with van der Waals surface area (Å²) in [6.07, 6.45) is 0.0392. The van der Waals surface area contributed by atoms with Gasteiger partial charge in [-0.25, -0.2) is 4.99 Å². The summed E-state index contributed by atoms with van der Waals surface area (Å²) in [5.74, 6) is 0.693. The first-order valence-electron chi connectivity index (χ1n) is 13.6. The molecule has 1 aliphatic heterocycles. The Balaban J connectivity index is 1.58. The molecule has 0 fully saturated rings. The minimum Gasteiger partial charge on any atom is -0.494 e. The van der Waals surface area contributed by atoms with Crippen molar-refractivity contribution in [2.75, 3.05) is 13.2 Å². The van der Waals surface area contributed by atoms with E-state index in [2.05, 4.69) is 37.2 Å². The Morgan fingerprint density at radius 1 is 0.953 bits per heavy atom. The van der Waals surface area contributed by atoms with Gasteiger partial charge >= 0.3 is 0 Å². The molecule has 4 aromatic rings. The van der Waals surface area contributed by atoms with Gasteiger partial charge in [-0.05, 0) is 59.7 Å². The summed E-state index contributed by atoms with van der Waals surface area (Å²) in [6, 6.07) is 28.0. The highest BCUT2D eigenvalue weighted by Gasteiger charge is 2.54. The molecule has 0 aromatic heterocycles. The van der Waals surface area contributed by atoms with Crippen molar-refractivity contribution in [1.29, 1.82) is 0 Å². The van der Waals surface area contributed by atoms with Crippen molar-refractivity contribution in [3.05, 3.63) is 132 Å². The minimum absolute atomic E-state index is 0.0606. The number of nitrogens with zero attached hydrogens (tertiary/aromatic N) is 1. The first-order chi connectivity index (χ1) is 20.8. The molecule has 4 aromatic carbocycles. The molecule has 43 heavy (non-hydrogen) atoms. The molecule has 6 nitrogen and oxygen atoms in total. The van der Waals surface area contributed by atoms with E-state index in [9.17, 15) is 4.79 Å². The molecular formula is C33H28Br2Cl2N2O4. The average Bonchev–Trinajstić information content (AvgIpc) is 3.38. The zero-order chi connectivity index (χ0) is 30.4. The van der Waals surface area contributed by atoms with Crippen LogP contribution in [0.2, 0.25) is 10.0 Å². The molecule has 2 atom stereocenters. The number of aliphatic imine (C=N–C) groups is 1. The van der Waals surface area contributed by atoms with Crippen LogP contribution in [0.4, 0.5) is 0 Å². The molecule has 1 heterocycles. The Bertz CT molecular complexity index is 1630. The number of nitrogens with one attached hydrogen (secondary N) is 1. The maximum Gasteiger partial charge on any atom is 0.252 e. The first kappa shape index (κ1) is 31.5. The van der Waals surface area contributed by atoms with Crippen molar-refractivity contribution in [1.82, 2.24) is 5.32 Å². The molecule has 2 N–H and O–H groups in total. The predicted octanol–water partition coefficient (Wildman–Crippen LogP) is 8.10. The molecule has 0 spiro atoms. The van der Waals surface area contributed by atoms with Crippen molar-refractivity contribution >= 4 is 66.9 Å². The second-order valence-corrected chi connectivity index (χ2v) is 12.5. The van der Waals surface area contributed by atoms with Gasteiger partial charge in [-0.15, -0.1) is 0 Å². The SMILES string of the molecule is O=C(NCc1ccc(Cl)cc1Cl)[C@]1(Cc2ccccc2Br)N=C(c2ccc(OCCCO)cc2)O[C@@H]1c1ccccc1Br. The van der Waals surface area contributed by atoms with Gasteiger partial charge in [-0.3, -0.25) is 4.79 Å². The van der Waals surface area contributed by atoms with Crippen LogP contribution in [0, 0.1) is 0 Å². The fourth-order valence-corrected chi connectivity index (χ4v) is 6.27. The third-order valence-corrected chi connectivity index (χ3v) is 9.17. The lowest BCUT2D eigenvalue weighted by atomic mass is 9.82. The lowest BCUT2D eigenvalue weighted by molar-refractivity contribution is -0.129. The average molecular weight is 747 g/mol. The number of hydrogen-bond acceptors (Lipinski definition) is 5. The molecule has 10 heteroatoms. The van der Waals surface area contributed by atoms with Gasteiger partial charge in [0, 0.05) is 56.1 Å². The molecule has 1 amide bonds. The number of amides is 1. The molecule has 0 bridgehead atoms. The van der Waals surface area contributed by atoms with E-state index < -0.39 is 11.6 Å². The van der Waals surface area contributed by atoms with Gasteiger partial charge in [0.15, 0.2) is 11.6 Å². The van der Waals surface area contributed by atoms with Crippen LogP contribution in [0.15, 0.2) is 105 Å². The van der Waals surface area contributed by atoms with E-state index in [0.29, 0.717) is 40.3 Å². The van der Waals surface area contributed by atoms with Crippen molar-refractivity contribution < 1.29 is 19.4 Å². The predicted molar refractivity (Wildman–Crippen MR) is 177 cm³/mol. The number of aliphatic hydroxyl groups is 1. The molecule has 0 aliphatic carbocycles. The number of benzene rings is 4. The minimum atomic E-state index is -1.38. The standard InChI is InChI=1S/C33H28Br2Cl2N2O4/c34-27-8-3-1-6-22(27)19-33(32(41)38-20-23-10-13-24(36)18-29(23)37)30(26-7-2-4-9-28(26)35)43-31(39-33)21-11-14-25(15-12-21)42-17-5-16-40/h1-4,6-15,18,30,40H,5,16-17,19-20H2,(H,38,41)/t30-,33-/m1/s1. The number of hydrogen-bond donors (Lipinski definition) is 2. The van der Waals surface area contributed by atoms with Crippen LogP contribution >= 0.6 is 55.1 Å². The lowest BCUT2D eigenvalue weighted by Crippen LogP contribution is -2.49. The van der Waals surface area contributed by atoms with Gasteiger partial charge in [0.05, 0.1) is 6.61 Å². The third-order valence-electron chi connectivity index (χ3n) is 7.09. The van der Waals surface area contributed by atoms with Crippen LogP contribution in [0.5, 0.6) is 5.75 Å². The number of ether oxygens (including phenoxy) is 2. The third kappa shape index (κ3) is 7.27. The van der Waals surface area contributed by atoms with Gasteiger partial charge in [-0.2, -0.15) is 0 Å². The summed E-state index contributed by atoms with van der Waals surface area (Å²) < 4.78 is 14.0. The van der Waals surface area contributed by atoms with E-state index in [1.807, 2.05) is 72.8 Å². The highest BCUT2D eigenvalue weighted by atomic mass is 79.9. The van der Waals surface area contributed by atoms with Crippen LogP contribution in [0.3, 0.4) is 0 Å². The number of carbonyl (C=O) groups excluding carboxylic acids is 1. The first-order valence-corrected chi connectivity index (χ1v) is 16.0. The summed E-state index contributed by atoms with van der Waals surface area (Å²) in [5.41, 5.74) is 1.75. The van der Waals surface area contributed by atoms with E-state index in [0.717, 1.165) is 25.6 Å². The maximum absolute atomic E-state index is 14.5. The summed E-state index contributed by atoms with van der Waals surface area (Å²) in [6.45, 7) is 0.648. The molecule has 5 rings (SSSR count). The quantitative estimate of drug-likeness (QED) is 0.152. The van der Waals surface area contributed by atoms with Gasteiger partial charge in [-0.1, -0.05) is 97.5 Å². The van der Waals surface area contributed by atoms with Gasteiger partial charge in [0.1, 0.15) is 5.75 Å². The van der Waals surface area contributed by atoms with Crippen LogP contribution in [-0.2, 0) is 22.5 Å². The molecule has 222 valence electrons. The van der Waals surface area contributed by atoms with Gasteiger partial charge in [0.2, 0.25) is 5.90 Å². The number of rotatable bonds is 11. The highest BCUT2D eigenvalue weighted by Crippen LogP contribution is 2.45. The monoisotopic (exact) mass is 744 g/mol. The molecule has 1 aliphatic rings. The van der Waals surface area contributed by atoms with Crippen LogP contribution in [-0.4, -0.2) is 35.7 Å². The van der Waals surface area contributed by atoms with Crippen molar-refractivity contribution in [3.8, 4) is 5.75 Å². The van der Waals surface area contributed by atoms with Crippen LogP contribution < -0.4 is 10.1 Å². The van der Waals surface area contributed by atoms with E-state index in [1.54, 1.807) is 18.2 Å². The summed E-state index contributed by atoms with van der Waals surface area (Å²) in [5, 5.41) is 13.1. The van der Waals surface area contributed by atoms with E-state index >= 15 is 0 Å². The maximum atomic E-state index is 14.5. The fourth-order valence-electron chi connectivity index (χ4n) is 4.87. The van der Waals surface area contributed by atoms with Crippen LogP contribution in [0.25, 0.3) is 0 Å². The molecular weight excluding hydrogens is 719 g/mol. The lowest BCUT2D eigenvalue weighted by Gasteiger charge is -2.31. The number of aliphatic hydroxyl groups excluding tert-OH is 1. The summed E-state index contributed by atoms with van der Waals surface area (Å²) in [4.78, 5) is 19.6.